The molecule has 1 aromatic rings. The first kappa shape index (κ1) is 11.1. The summed E-state index contributed by atoms with van der Waals surface area (Å²) in [5.74, 6) is 0.0656. The number of amides is 2. The monoisotopic (exact) mass is 233 g/mol. The number of carbonyl (C=O) groups is 2. The lowest BCUT2D eigenvalue weighted by molar-refractivity contribution is -0.127. The van der Waals surface area contributed by atoms with E-state index in [1.165, 1.54) is 12.3 Å². The molecular formula is C11H11N3O3. The van der Waals surface area contributed by atoms with Crippen LogP contribution in [0.5, 0.6) is 5.75 Å². The number of nitrogens with one attached hydrogen (secondary N) is 2. The lowest BCUT2D eigenvalue weighted by Gasteiger charge is -2.15. The predicted octanol–water partition coefficient (Wildman–Crippen LogP) is -0.323. The van der Waals surface area contributed by atoms with Gasteiger partial charge in [-0.05, 0) is 18.2 Å². The van der Waals surface area contributed by atoms with Crippen molar-refractivity contribution in [2.75, 3.05) is 13.7 Å². The van der Waals surface area contributed by atoms with E-state index in [0.29, 0.717) is 11.4 Å². The van der Waals surface area contributed by atoms with Crippen LogP contribution in [0, 0.1) is 0 Å². The average molecular weight is 233 g/mol. The van der Waals surface area contributed by atoms with Crippen molar-refractivity contribution >= 4 is 17.9 Å². The first-order valence-corrected chi connectivity index (χ1v) is 4.99. The van der Waals surface area contributed by atoms with Crippen LogP contribution in [0.3, 0.4) is 0 Å². The lowest BCUT2D eigenvalue weighted by Crippen LogP contribution is -2.46. The number of methoxy groups -OCH3 is 1. The fourth-order valence-corrected chi connectivity index (χ4v) is 1.35. The zero-order valence-corrected chi connectivity index (χ0v) is 9.19. The summed E-state index contributed by atoms with van der Waals surface area (Å²) in [6.45, 7) is 0.00617. The highest BCUT2D eigenvalue weighted by Gasteiger charge is 2.19. The molecule has 2 heterocycles. The molecule has 0 aliphatic carbocycles. The molecule has 1 saturated heterocycles. The fourth-order valence-electron chi connectivity index (χ4n) is 1.35. The van der Waals surface area contributed by atoms with Crippen molar-refractivity contribution in [2.45, 2.75) is 0 Å². The van der Waals surface area contributed by atoms with Gasteiger partial charge in [-0.15, -0.1) is 0 Å². The molecule has 2 amide bonds. The van der Waals surface area contributed by atoms with Gasteiger partial charge in [-0.1, -0.05) is 0 Å². The van der Waals surface area contributed by atoms with Crippen molar-refractivity contribution in [1.82, 2.24) is 15.6 Å². The van der Waals surface area contributed by atoms with Crippen LogP contribution >= 0.6 is 0 Å². The molecule has 2 rings (SSSR count). The third-order valence-corrected chi connectivity index (χ3v) is 2.22. The van der Waals surface area contributed by atoms with Crippen molar-refractivity contribution in [3.8, 4) is 5.75 Å². The summed E-state index contributed by atoms with van der Waals surface area (Å²) in [5.41, 5.74) is 0.761. The molecule has 1 aliphatic heterocycles. The zero-order chi connectivity index (χ0) is 12.3. The Hall–Kier alpha value is -2.37. The number of ether oxygens (including phenoxy) is 1. The second kappa shape index (κ2) is 4.65. The van der Waals surface area contributed by atoms with Crippen LogP contribution in [0.4, 0.5) is 0 Å². The van der Waals surface area contributed by atoms with Gasteiger partial charge in [0.1, 0.15) is 11.4 Å². The summed E-state index contributed by atoms with van der Waals surface area (Å²) in [7, 11) is 1.55. The standard InChI is InChI=1S/C11H11N3O3/c1-17-8-3-2-7(12-5-8)4-9-11(16)13-6-10(15)14-9/h2-5H,6H2,1H3,(H,13,16)(H,14,15). The van der Waals surface area contributed by atoms with E-state index in [1.807, 2.05) is 0 Å². The maximum Gasteiger partial charge on any atom is 0.268 e. The molecule has 1 aromatic heterocycles. The second-order valence-electron chi connectivity index (χ2n) is 3.41. The van der Waals surface area contributed by atoms with Crippen molar-refractivity contribution in [3.63, 3.8) is 0 Å². The third kappa shape index (κ3) is 2.60. The number of aromatic nitrogens is 1. The Labute approximate surface area is 97.7 Å². The molecule has 0 bridgehead atoms. The molecule has 0 radical (unpaired) electrons. The quantitative estimate of drug-likeness (QED) is 0.686. The highest BCUT2D eigenvalue weighted by atomic mass is 16.5. The van der Waals surface area contributed by atoms with E-state index in [4.69, 9.17) is 4.74 Å². The molecule has 0 spiro atoms. The van der Waals surface area contributed by atoms with Crippen LogP contribution in [-0.4, -0.2) is 30.5 Å². The summed E-state index contributed by atoms with van der Waals surface area (Å²) < 4.78 is 4.97. The maximum atomic E-state index is 11.4. The van der Waals surface area contributed by atoms with E-state index < -0.39 is 0 Å². The molecule has 17 heavy (non-hydrogen) atoms. The number of pyridine rings is 1. The van der Waals surface area contributed by atoms with Crippen LogP contribution in [-0.2, 0) is 9.59 Å². The van der Waals surface area contributed by atoms with Crippen LogP contribution in [0.15, 0.2) is 24.0 Å². The predicted molar refractivity (Wildman–Crippen MR) is 59.9 cm³/mol. The summed E-state index contributed by atoms with van der Waals surface area (Å²) in [6, 6.07) is 3.42. The van der Waals surface area contributed by atoms with E-state index in [2.05, 4.69) is 15.6 Å². The van der Waals surface area contributed by atoms with E-state index >= 15 is 0 Å². The van der Waals surface area contributed by atoms with Gasteiger partial charge in [-0.25, -0.2) is 0 Å². The van der Waals surface area contributed by atoms with Gasteiger partial charge >= 0.3 is 0 Å². The highest BCUT2D eigenvalue weighted by molar-refractivity contribution is 6.05. The topological polar surface area (TPSA) is 80.3 Å². The Morgan fingerprint density at radius 3 is 2.88 bits per heavy atom. The number of hydrogen-bond acceptors (Lipinski definition) is 4. The van der Waals surface area contributed by atoms with Crippen molar-refractivity contribution in [2.24, 2.45) is 0 Å². The summed E-state index contributed by atoms with van der Waals surface area (Å²) >= 11 is 0. The second-order valence-corrected chi connectivity index (χ2v) is 3.41. The fraction of sp³-hybridized carbons (Fsp3) is 0.182. The molecule has 0 atom stereocenters. The number of piperazine rings is 1. The number of carbonyl (C=O) groups excluding carboxylic acids is 2. The normalized spacial score (nSPS) is 17.6. The molecule has 1 aliphatic rings. The Morgan fingerprint density at radius 2 is 2.24 bits per heavy atom. The van der Waals surface area contributed by atoms with Crippen LogP contribution in [0.1, 0.15) is 5.69 Å². The van der Waals surface area contributed by atoms with Gasteiger partial charge in [0.15, 0.2) is 0 Å². The molecule has 0 unspecified atom stereocenters. The van der Waals surface area contributed by atoms with E-state index in [0.717, 1.165) is 0 Å². The Bertz CT molecular complexity index is 479. The van der Waals surface area contributed by atoms with Gasteiger partial charge in [0.25, 0.3) is 5.91 Å². The van der Waals surface area contributed by atoms with E-state index in [1.54, 1.807) is 19.2 Å². The minimum atomic E-state index is -0.317. The molecule has 1 fully saturated rings. The van der Waals surface area contributed by atoms with Crippen LogP contribution in [0.25, 0.3) is 6.08 Å². The Balaban J connectivity index is 2.21. The molecule has 0 saturated carbocycles. The van der Waals surface area contributed by atoms with E-state index in [9.17, 15) is 9.59 Å². The third-order valence-electron chi connectivity index (χ3n) is 2.22. The first-order valence-electron chi connectivity index (χ1n) is 4.99. The smallest absolute Gasteiger partial charge is 0.268 e. The zero-order valence-electron chi connectivity index (χ0n) is 9.19. The van der Waals surface area contributed by atoms with Gasteiger partial charge in [-0.3, -0.25) is 14.6 Å². The van der Waals surface area contributed by atoms with Gasteiger partial charge in [0.05, 0.1) is 25.5 Å². The summed E-state index contributed by atoms with van der Waals surface area (Å²) in [4.78, 5) is 26.6. The molecule has 0 aromatic carbocycles. The molecular weight excluding hydrogens is 222 g/mol. The number of nitrogens with zero attached hydrogens (tertiary/aromatic N) is 1. The molecule has 2 N–H and O–H groups in total. The van der Waals surface area contributed by atoms with Crippen LogP contribution < -0.4 is 15.4 Å². The van der Waals surface area contributed by atoms with Crippen molar-refractivity contribution in [1.29, 1.82) is 0 Å². The van der Waals surface area contributed by atoms with Gasteiger partial charge in [0.2, 0.25) is 5.91 Å². The van der Waals surface area contributed by atoms with Gasteiger partial charge < -0.3 is 15.4 Å². The SMILES string of the molecule is COc1ccc(C=C2NC(=O)CNC2=O)nc1. The highest BCUT2D eigenvalue weighted by Crippen LogP contribution is 2.10. The minimum absolute atomic E-state index is 0.00617. The van der Waals surface area contributed by atoms with Gasteiger partial charge in [-0.2, -0.15) is 0 Å². The van der Waals surface area contributed by atoms with Gasteiger partial charge in [0, 0.05) is 0 Å². The summed E-state index contributed by atoms with van der Waals surface area (Å²) in [5, 5.41) is 4.94. The number of rotatable bonds is 2. The van der Waals surface area contributed by atoms with Crippen molar-refractivity contribution < 1.29 is 14.3 Å². The van der Waals surface area contributed by atoms with Crippen LogP contribution in [0.2, 0.25) is 0 Å². The molecule has 6 heteroatoms. The Kier molecular flexibility index (Phi) is 3.04. The average Bonchev–Trinajstić information content (AvgIpc) is 2.35. The lowest BCUT2D eigenvalue weighted by atomic mass is 10.2. The first-order chi connectivity index (χ1) is 8.19. The summed E-state index contributed by atoms with van der Waals surface area (Å²) in [6.07, 6.45) is 3.04. The Morgan fingerprint density at radius 1 is 1.41 bits per heavy atom. The molecule has 6 nitrogen and oxygen atoms in total. The largest absolute Gasteiger partial charge is 0.495 e. The maximum absolute atomic E-state index is 11.4. The minimum Gasteiger partial charge on any atom is -0.495 e. The van der Waals surface area contributed by atoms with E-state index in [-0.39, 0.29) is 24.1 Å². The molecule has 88 valence electrons. The number of hydrogen-bond donors (Lipinski definition) is 2. The van der Waals surface area contributed by atoms with Crippen molar-refractivity contribution in [3.05, 3.63) is 29.7 Å².